The number of carbonyl (C=O) groups is 1. The van der Waals surface area contributed by atoms with Gasteiger partial charge in [-0.05, 0) is 18.6 Å². The number of alkyl carbamates (subject to hydrolysis) is 1. The maximum absolute atomic E-state index is 11.8. The van der Waals surface area contributed by atoms with Crippen LogP contribution in [-0.2, 0) is 25.5 Å². The molecule has 1 aliphatic rings. The number of aromatic nitrogens is 1. The van der Waals surface area contributed by atoms with E-state index in [-0.39, 0.29) is 19.0 Å². The Kier molecular flexibility index (Phi) is 19.0. The van der Waals surface area contributed by atoms with E-state index in [0.29, 0.717) is 19.8 Å². The largest absolute Gasteiger partial charge is 0.447 e. The highest BCUT2D eigenvalue weighted by Crippen LogP contribution is 2.15. The average molecular weight is 521 g/mol. The summed E-state index contributed by atoms with van der Waals surface area (Å²) in [4.78, 5) is 16.0. The Hall–Kier alpha value is -1.70. The van der Waals surface area contributed by atoms with E-state index in [2.05, 4.69) is 17.2 Å². The van der Waals surface area contributed by atoms with Gasteiger partial charge >= 0.3 is 6.09 Å². The number of unbranched alkanes of at least 4 members (excludes halogenated alkanes) is 15. The molecule has 1 aromatic rings. The predicted molar refractivity (Wildman–Crippen MR) is 147 cm³/mol. The molecule has 212 valence electrons. The maximum Gasteiger partial charge on any atom is 0.407 e. The van der Waals surface area contributed by atoms with Gasteiger partial charge in [0.15, 0.2) is 6.29 Å². The van der Waals surface area contributed by atoms with Gasteiger partial charge < -0.3 is 24.3 Å². The summed E-state index contributed by atoms with van der Waals surface area (Å²) in [5.41, 5.74) is 0.779. The molecule has 2 atom stereocenters. The SMILES string of the molecule is CCCCCCCCCCCCCCCCCCOCC1OCC(COC(=O)NCc2ccccn2)O1. The Morgan fingerprint density at radius 2 is 1.51 bits per heavy atom. The number of ether oxygens (including phenoxy) is 4. The fourth-order valence-electron chi connectivity index (χ4n) is 4.50. The van der Waals surface area contributed by atoms with Crippen molar-refractivity contribution in [3.05, 3.63) is 30.1 Å². The molecule has 0 aliphatic carbocycles. The quantitative estimate of drug-likeness (QED) is 0.152. The minimum atomic E-state index is -0.488. The third-order valence-corrected chi connectivity index (χ3v) is 6.75. The summed E-state index contributed by atoms with van der Waals surface area (Å²) in [5.74, 6) is 0. The molecule has 2 heterocycles. The zero-order valence-electron chi connectivity index (χ0n) is 23.3. The van der Waals surface area contributed by atoms with E-state index < -0.39 is 6.09 Å². The van der Waals surface area contributed by atoms with Crippen LogP contribution in [0, 0.1) is 0 Å². The Bertz CT molecular complexity index is 661. The lowest BCUT2D eigenvalue weighted by molar-refractivity contribution is -0.110. The molecule has 1 amide bonds. The third kappa shape index (κ3) is 17.4. The lowest BCUT2D eigenvalue weighted by Crippen LogP contribution is -2.29. The summed E-state index contributed by atoms with van der Waals surface area (Å²) in [7, 11) is 0. The standard InChI is InChI=1S/C30H52N2O5/c1-2-3-4-5-6-7-8-9-10-11-12-13-14-15-16-19-22-34-26-29-35-24-28(37-29)25-36-30(33)32-23-27-20-17-18-21-31-27/h17-18,20-21,28-29H,2-16,19,22-26H2,1H3,(H,32,33). The highest BCUT2D eigenvalue weighted by Gasteiger charge is 2.27. The molecule has 1 aromatic heterocycles. The van der Waals surface area contributed by atoms with Crippen LogP contribution in [0.15, 0.2) is 24.4 Å². The number of rotatable bonds is 23. The van der Waals surface area contributed by atoms with E-state index in [0.717, 1.165) is 18.7 Å². The second kappa shape index (κ2) is 22.3. The Labute approximate surface area is 225 Å². The molecule has 1 fully saturated rings. The zero-order valence-corrected chi connectivity index (χ0v) is 23.3. The van der Waals surface area contributed by atoms with Crippen molar-refractivity contribution in [2.24, 2.45) is 0 Å². The van der Waals surface area contributed by atoms with E-state index in [1.54, 1.807) is 6.20 Å². The van der Waals surface area contributed by atoms with Gasteiger partial charge in [-0.2, -0.15) is 0 Å². The fraction of sp³-hybridized carbons (Fsp3) is 0.800. The van der Waals surface area contributed by atoms with E-state index in [1.165, 1.54) is 96.3 Å². The first-order chi connectivity index (χ1) is 18.3. The summed E-state index contributed by atoms with van der Waals surface area (Å²) < 4.78 is 22.3. The van der Waals surface area contributed by atoms with Crippen LogP contribution in [0.3, 0.4) is 0 Å². The molecule has 0 bridgehead atoms. The molecular formula is C30H52N2O5. The van der Waals surface area contributed by atoms with Crippen molar-refractivity contribution in [2.45, 2.75) is 129 Å². The van der Waals surface area contributed by atoms with Crippen molar-refractivity contribution >= 4 is 6.09 Å². The lowest BCUT2D eigenvalue weighted by Gasteiger charge is -2.12. The van der Waals surface area contributed by atoms with Crippen molar-refractivity contribution < 1.29 is 23.7 Å². The van der Waals surface area contributed by atoms with Crippen LogP contribution in [-0.4, -0.2) is 49.9 Å². The monoisotopic (exact) mass is 520 g/mol. The highest BCUT2D eigenvalue weighted by atomic mass is 16.7. The fourth-order valence-corrected chi connectivity index (χ4v) is 4.50. The molecule has 37 heavy (non-hydrogen) atoms. The Balaban J connectivity index is 1.29. The maximum atomic E-state index is 11.8. The molecule has 7 nitrogen and oxygen atoms in total. The Morgan fingerprint density at radius 3 is 2.11 bits per heavy atom. The van der Waals surface area contributed by atoms with Gasteiger partial charge in [0.1, 0.15) is 12.7 Å². The highest BCUT2D eigenvalue weighted by molar-refractivity contribution is 5.67. The normalized spacial score (nSPS) is 17.2. The van der Waals surface area contributed by atoms with Crippen LogP contribution in [0.5, 0.6) is 0 Å². The van der Waals surface area contributed by atoms with Crippen LogP contribution in [0.25, 0.3) is 0 Å². The molecule has 1 aliphatic heterocycles. The number of nitrogens with one attached hydrogen (secondary N) is 1. The van der Waals surface area contributed by atoms with Gasteiger partial charge in [0.25, 0.3) is 0 Å². The second-order valence-electron chi connectivity index (χ2n) is 10.2. The van der Waals surface area contributed by atoms with Gasteiger partial charge in [-0.1, -0.05) is 109 Å². The first kappa shape index (κ1) is 31.5. The number of amides is 1. The van der Waals surface area contributed by atoms with E-state index >= 15 is 0 Å². The molecule has 0 saturated carbocycles. The second-order valence-corrected chi connectivity index (χ2v) is 10.2. The van der Waals surface area contributed by atoms with Crippen LogP contribution < -0.4 is 5.32 Å². The minimum absolute atomic E-state index is 0.156. The van der Waals surface area contributed by atoms with Gasteiger partial charge in [0.05, 0.1) is 25.5 Å². The molecular weight excluding hydrogens is 468 g/mol. The van der Waals surface area contributed by atoms with Gasteiger partial charge in [-0.25, -0.2) is 4.79 Å². The molecule has 2 unspecified atom stereocenters. The summed E-state index contributed by atoms with van der Waals surface area (Å²) in [5, 5.41) is 2.68. The van der Waals surface area contributed by atoms with Crippen molar-refractivity contribution in [3.8, 4) is 0 Å². The van der Waals surface area contributed by atoms with Crippen molar-refractivity contribution in [1.82, 2.24) is 10.3 Å². The minimum Gasteiger partial charge on any atom is -0.447 e. The summed E-state index contributed by atoms with van der Waals surface area (Å²) >= 11 is 0. The van der Waals surface area contributed by atoms with E-state index in [4.69, 9.17) is 18.9 Å². The molecule has 0 spiro atoms. The van der Waals surface area contributed by atoms with Crippen molar-refractivity contribution in [1.29, 1.82) is 0 Å². The summed E-state index contributed by atoms with van der Waals surface area (Å²) in [6.45, 7) is 4.32. The van der Waals surface area contributed by atoms with Crippen LogP contribution >= 0.6 is 0 Å². The smallest absolute Gasteiger partial charge is 0.407 e. The number of pyridine rings is 1. The van der Waals surface area contributed by atoms with E-state index in [1.807, 2.05) is 18.2 Å². The number of hydrogen-bond acceptors (Lipinski definition) is 6. The number of hydrogen-bond donors (Lipinski definition) is 1. The van der Waals surface area contributed by atoms with Gasteiger partial charge in [-0.15, -0.1) is 0 Å². The molecule has 0 radical (unpaired) electrons. The van der Waals surface area contributed by atoms with Crippen LogP contribution in [0.1, 0.15) is 115 Å². The topological polar surface area (TPSA) is 78.9 Å². The lowest BCUT2D eigenvalue weighted by atomic mass is 10.0. The third-order valence-electron chi connectivity index (χ3n) is 6.75. The summed E-state index contributed by atoms with van der Waals surface area (Å²) in [6, 6.07) is 5.56. The predicted octanol–water partition coefficient (Wildman–Crippen LogP) is 7.33. The molecule has 2 rings (SSSR count). The van der Waals surface area contributed by atoms with Crippen LogP contribution in [0.4, 0.5) is 4.79 Å². The molecule has 7 heteroatoms. The number of carbonyl (C=O) groups excluding carboxylic acids is 1. The summed E-state index contributed by atoms with van der Waals surface area (Å²) in [6.07, 6.45) is 22.4. The van der Waals surface area contributed by atoms with Gasteiger partial charge in [-0.3, -0.25) is 4.98 Å². The molecule has 0 aromatic carbocycles. The molecule has 1 N–H and O–H groups in total. The average Bonchev–Trinajstić information content (AvgIpc) is 3.38. The van der Waals surface area contributed by atoms with E-state index in [9.17, 15) is 4.79 Å². The zero-order chi connectivity index (χ0) is 26.2. The Morgan fingerprint density at radius 1 is 0.892 bits per heavy atom. The van der Waals surface area contributed by atoms with Crippen LogP contribution in [0.2, 0.25) is 0 Å². The number of nitrogens with zero attached hydrogens (tertiary/aromatic N) is 1. The van der Waals surface area contributed by atoms with Crippen molar-refractivity contribution in [2.75, 3.05) is 26.4 Å². The van der Waals surface area contributed by atoms with Crippen molar-refractivity contribution in [3.63, 3.8) is 0 Å². The first-order valence-electron chi connectivity index (χ1n) is 14.9. The van der Waals surface area contributed by atoms with Gasteiger partial charge in [0.2, 0.25) is 0 Å². The molecule has 1 saturated heterocycles. The van der Waals surface area contributed by atoms with Gasteiger partial charge in [0, 0.05) is 12.8 Å². The first-order valence-corrected chi connectivity index (χ1v) is 14.9.